The van der Waals surface area contributed by atoms with Crippen LogP contribution in [0.25, 0.3) is 0 Å². The number of aryl methyl sites for hydroxylation is 1. The minimum Gasteiger partial charge on any atom is -0.273 e. The first-order valence-corrected chi connectivity index (χ1v) is 9.10. The zero-order valence-electron chi connectivity index (χ0n) is 13.8. The number of amides is 1. The summed E-state index contributed by atoms with van der Waals surface area (Å²) in [6.45, 7) is 7.15. The number of carbonyl (C=O) groups excluding carboxylic acids is 1. The van der Waals surface area contributed by atoms with Gasteiger partial charge in [-0.15, -0.1) is 6.58 Å². The Bertz CT molecular complexity index is 811. The van der Waals surface area contributed by atoms with Crippen molar-refractivity contribution < 1.29 is 13.2 Å². The average Bonchev–Trinajstić information content (AvgIpc) is 2.55. The number of benzene rings is 2. The van der Waals surface area contributed by atoms with Crippen LogP contribution < -0.4 is 0 Å². The molecule has 0 spiro atoms. The van der Waals surface area contributed by atoms with Crippen molar-refractivity contribution in [2.75, 3.05) is 0 Å². The van der Waals surface area contributed by atoms with Gasteiger partial charge in [-0.05, 0) is 31.5 Å². The van der Waals surface area contributed by atoms with Gasteiger partial charge < -0.3 is 0 Å². The zero-order chi connectivity index (χ0) is 17.7. The Hall–Kier alpha value is -2.40. The summed E-state index contributed by atoms with van der Waals surface area (Å²) < 4.78 is 26.8. The summed E-state index contributed by atoms with van der Waals surface area (Å²) in [5, 5.41) is 0. The van der Waals surface area contributed by atoms with E-state index in [2.05, 4.69) is 6.58 Å². The number of hydrogen-bond acceptors (Lipinski definition) is 3. The lowest BCUT2D eigenvalue weighted by Gasteiger charge is -2.26. The van der Waals surface area contributed by atoms with Gasteiger partial charge >= 0.3 is 0 Å². The second-order valence-electron chi connectivity index (χ2n) is 5.65. The molecule has 24 heavy (non-hydrogen) atoms. The van der Waals surface area contributed by atoms with Gasteiger partial charge in [-0.3, -0.25) is 4.79 Å². The van der Waals surface area contributed by atoms with Crippen LogP contribution in [0.4, 0.5) is 0 Å². The minimum absolute atomic E-state index is 0.0180. The van der Waals surface area contributed by atoms with Crippen LogP contribution in [0.5, 0.6) is 0 Å². The van der Waals surface area contributed by atoms with Gasteiger partial charge in [0.1, 0.15) is 0 Å². The molecular weight excluding hydrogens is 322 g/mol. The predicted octanol–water partition coefficient (Wildman–Crippen LogP) is 3.33. The number of hydrogen-bond donors (Lipinski definition) is 0. The molecule has 1 atom stereocenters. The van der Waals surface area contributed by atoms with Crippen LogP contribution in [0, 0.1) is 6.92 Å². The molecule has 0 saturated heterocycles. The first-order valence-electron chi connectivity index (χ1n) is 7.66. The smallest absolute Gasteiger partial charge is 0.267 e. The molecule has 2 aromatic rings. The van der Waals surface area contributed by atoms with Crippen molar-refractivity contribution in [2.24, 2.45) is 0 Å². The number of carbonyl (C=O) groups is 1. The van der Waals surface area contributed by atoms with Crippen LogP contribution in [0.3, 0.4) is 0 Å². The van der Waals surface area contributed by atoms with Crippen LogP contribution >= 0.6 is 0 Å². The lowest BCUT2D eigenvalue weighted by molar-refractivity contribution is -0.126. The third-order valence-corrected chi connectivity index (χ3v) is 5.65. The molecule has 1 unspecified atom stereocenters. The highest BCUT2D eigenvalue weighted by Gasteiger charge is 2.32. The van der Waals surface area contributed by atoms with Gasteiger partial charge in [0.15, 0.2) is 0 Å². The molecule has 0 aromatic heterocycles. The highest BCUT2D eigenvalue weighted by atomic mass is 32.2. The van der Waals surface area contributed by atoms with E-state index in [0.717, 1.165) is 15.4 Å². The molecule has 0 N–H and O–H groups in total. The summed E-state index contributed by atoms with van der Waals surface area (Å²) in [5.74, 6) is -0.478. The van der Waals surface area contributed by atoms with Crippen molar-refractivity contribution in [1.82, 2.24) is 4.31 Å². The van der Waals surface area contributed by atoms with Gasteiger partial charge in [-0.1, -0.05) is 54.1 Å². The van der Waals surface area contributed by atoms with Crippen molar-refractivity contribution in [3.8, 4) is 0 Å². The molecule has 0 bridgehead atoms. The highest BCUT2D eigenvalue weighted by Crippen LogP contribution is 2.21. The molecule has 0 heterocycles. The summed E-state index contributed by atoms with van der Waals surface area (Å²) in [7, 11) is -3.94. The first-order chi connectivity index (χ1) is 11.4. The Labute approximate surface area is 143 Å². The SMILES string of the molecule is C=CC(C)N(C(=O)Cc1ccccc1)S(=O)(=O)c1ccc(C)cc1. The van der Waals surface area contributed by atoms with Crippen molar-refractivity contribution in [2.45, 2.75) is 31.2 Å². The maximum atomic E-state index is 12.9. The van der Waals surface area contributed by atoms with E-state index in [-0.39, 0.29) is 11.3 Å². The lowest BCUT2D eigenvalue weighted by Crippen LogP contribution is -2.43. The van der Waals surface area contributed by atoms with E-state index in [1.165, 1.54) is 18.2 Å². The monoisotopic (exact) mass is 343 g/mol. The van der Waals surface area contributed by atoms with Gasteiger partial charge in [0, 0.05) is 0 Å². The number of nitrogens with zero attached hydrogens (tertiary/aromatic N) is 1. The van der Waals surface area contributed by atoms with E-state index >= 15 is 0 Å². The normalized spacial score (nSPS) is 12.4. The topological polar surface area (TPSA) is 54.5 Å². The molecular formula is C19H21NO3S. The standard InChI is InChI=1S/C19H21NO3S/c1-4-16(3)20(19(21)14-17-8-6-5-7-9-17)24(22,23)18-12-10-15(2)11-13-18/h4-13,16H,1,14H2,2-3H3. The second kappa shape index (κ2) is 7.45. The summed E-state index contributed by atoms with van der Waals surface area (Å²) in [5.41, 5.74) is 1.72. The minimum atomic E-state index is -3.94. The lowest BCUT2D eigenvalue weighted by atomic mass is 10.1. The third kappa shape index (κ3) is 3.92. The molecule has 0 aliphatic carbocycles. The van der Waals surface area contributed by atoms with Crippen LogP contribution in [-0.2, 0) is 21.2 Å². The van der Waals surface area contributed by atoms with Gasteiger partial charge in [-0.25, -0.2) is 12.7 Å². The van der Waals surface area contributed by atoms with Gasteiger partial charge in [0.2, 0.25) is 5.91 Å². The maximum absolute atomic E-state index is 12.9. The molecule has 5 heteroatoms. The molecule has 2 rings (SSSR count). The summed E-state index contributed by atoms with van der Waals surface area (Å²) in [6, 6.07) is 14.9. The summed E-state index contributed by atoms with van der Waals surface area (Å²) in [4.78, 5) is 12.8. The molecule has 0 saturated carbocycles. The molecule has 1 amide bonds. The fourth-order valence-corrected chi connectivity index (χ4v) is 3.91. The largest absolute Gasteiger partial charge is 0.273 e. The van der Waals surface area contributed by atoms with Crippen LogP contribution in [0.1, 0.15) is 18.1 Å². The maximum Gasteiger partial charge on any atom is 0.267 e. The summed E-state index contributed by atoms with van der Waals surface area (Å²) in [6.07, 6.45) is 1.47. The van der Waals surface area contributed by atoms with E-state index in [0.29, 0.717) is 0 Å². The molecule has 126 valence electrons. The van der Waals surface area contributed by atoms with Crippen LogP contribution in [0.15, 0.2) is 72.1 Å². The third-order valence-electron chi connectivity index (χ3n) is 3.73. The number of rotatable bonds is 6. The van der Waals surface area contributed by atoms with E-state index in [1.54, 1.807) is 31.2 Å². The Morgan fingerprint density at radius 2 is 1.71 bits per heavy atom. The van der Waals surface area contributed by atoms with Crippen molar-refractivity contribution in [3.63, 3.8) is 0 Å². The van der Waals surface area contributed by atoms with Gasteiger partial charge in [0.05, 0.1) is 17.4 Å². The van der Waals surface area contributed by atoms with Gasteiger partial charge in [0.25, 0.3) is 10.0 Å². The second-order valence-corrected chi connectivity index (χ2v) is 7.46. The number of sulfonamides is 1. The fraction of sp³-hybridized carbons (Fsp3) is 0.211. The van der Waals surface area contributed by atoms with Crippen molar-refractivity contribution in [1.29, 1.82) is 0 Å². The van der Waals surface area contributed by atoms with E-state index in [1.807, 2.05) is 25.1 Å². The quantitative estimate of drug-likeness (QED) is 0.756. The Morgan fingerprint density at radius 3 is 2.25 bits per heavy atom. The first kappa shape index (κ1) is 17.9. The zero-order valence-corrected chi connectivity index (χ0v) is 14.7. The molecule has 0 aliphatic heterocycles. The van der Waals surface area contributed by atoms with Crippen LogP contribution in [-0.4, -0.2) is 24.7 Å². The fourth-order valence-electron chi connectivity index (χ4n) is 2.35. The Balaban J connectivity index is 2.39. The predicted molar refractivity (Wildman–Crippen MR) is 95.0 cm³/mol. The molecule has 0 radical (unpaired) electrons. The Morgan fingerprint density at radius 1 is 1.12 bits per heavy atom. The van der Waals surface area contributed by atoms with Crippen LogP contribution in [0.2, 0.25) is 0 Å². The molecule has 2 aromatic carbocycles. The van der Waals surface area contributed by atoms with E-state index in [9.17, 15) is 13.2 Å². The Kier molecular flexibility index (Phi) is 5.57. The van der Waals surface area contributed by atoms with E-state index < -0.39 is 22.0 Å². The van der Waals surface area contributed by atoms with E-state index in [4.69, 9.17) is 0 Å². The van der Waals surface area contributed by atoms with Crippen molar-refractivity contribution in [3.05, 3.63) is 78.4 Å². The average molecular weight is 343 g/mol. The van der Waals surface area contributed by atoms with Gasteiger partial charge in [-0.2, -0.15) is 0 Å². The van der Waals surface area contributed by atoms with Crippen molar-refractivity contribution >= 4 is 15.9 Å². The molecule has 4 nitrogen and oxygen atoms in total. The highest BCUT2D eigenvalue weighted by molar-refractivity contribution is 7.89. The summed E-state index contributed by atoms with van der Waals surface area (Å²) >= 11 is 0. The molecule has 0 aliphatic rings. The molecule has 0 fully saturated rings.